The Balaban J connectivity index is 2.24. The highest BCUT2D eigenvalue weighted by Gasteiger charge is 2.32. The fraction of sp³-hybridized carbons (Fsp3) is 0.562. The van der Waals surface area contributed by atoms with Gasteiger partial charge in [-0.1, -0.05) is 13.8 Å². The molecule has 6 nitrogen and oxygen atoms in total. The minimum Gasteiger partial charge on any atom is -0.496 e. The van der Waals surface area contributed by atoms with Crippen LogP contribution in [-0.4, -0.2) is 45.5 Å². The average Bonchev–Trinajstić information content (AvgIpc) is 3.06. The van der Waals surface area contributed by atoms with E-state index in [0.717, 1.165) is 12.8 Å². The predicted molar refractivity (Wildman–Crippen MR) is 95.5 cm³/mol. The van der Waals surface area contributed by atoms with Gasteiger partial charge >= 0.3 is 0 Å². The molecule has 1 atom stereocenters. The number of rotatable bonds is 6. The molecule has 1 heterocycles. The monoisotopic (exact) mass is 418 g/mol. The molecule has 0 aromatic heterocycles. The van der Waals surface area contributed by atoms with Crippen molar-refractivity contribution in [3.8, 4) is 5.75 Å². The summed E-state index contributed by atoms with van der Waals surface area (Å²) >= 11 is 3.29. The van der Waals surface area contributed by atoms with E-state index >= 15 is 0 Å². The van der Waals surface area contributed by atoms with Gasteiger partial charge in [0.15, 0.2) is 0 Å². The molecule has 0 unspecified atom stereocenters. The van der Waals surface area contributed by atoms with Gasteiger partial charge in [0.05, 0.1) is 16.5 Å². The van der Waals surface area contributed by atoms with Gasteiger partial charge in [-0.05, 0) is 52.9 Å². The summed E-state index contributed by atoms with van der Waals surface area (Å²) in [6.45, 7) is 5.06. The second-order valence-electron chi connectivity index (χ2n) is 6.17. The van der Waals surface area contributed by atoms with Crippen LogP contribution in [0.15, 0.2) is 27.6 Å². The molecular weight excluding hydrogens is 396 g/mol. The number of benzene rings is 1. The molecule has 1 N–H and O–H groups in total. The molecule has 1 saturated heterocycles. The zero-order chi connectivity index (χ0) is 17.9. The maximum absolute atomic E-state index is 12.7. The number of halogens is 1. The molecule has 1 aromatic rings. The number of nitrogens with zero attached hydrogens (tertiary/aromatic N) is 1. The van der Waals surface area contributed by atoms with E-state index in [1.54, 1.807) is 11.0 Å². The number of likely N-dealkylation sites (tertiary alicyclic amines) is 1. The average molecular weight is 419 g/mol. The Labute approximate surface area is 151 Å². The van der Waals surface area contributed by atoms with E-state index in [9.17, 15) is 13.2 Å². The first kappa shape index (κ1) is 19.2. The van der Waals surface area contributed by atoms with Crippen molar-refractivity contribution < 1.29 is 17.9 Å². The minimum absolute atomic E-state index is 0.0926. The van der Waals surface area contributed by atoms with E-state index in [2.05, 4.69) is 20.7 Å². The third-order valence-corrected chi connectivity index (χ3v) is 6.12. The maximum atomic E-state index is 12.7. The van der Waals surface area contributed by atoms with E-state index < -0.39 is 16.1 Å². The molecule has 0 spiro atoms. The van der Waals surface area contributed by atoms with E-state index in [4.69, 9.17) is 4.74 Å². The van der Waals surface area contributed by atoms with Gasteiger partial charge < -0.3 is 9.64 Å². The van der Waals surface area contributed by atoms with Gasteiger partial charge in [0.25, 0.3) is 0 Å². The van der Waals surface area contributed by atoms with Crippen LogP contribution in [0.1, 0.15) is 26.7 Å². The van der Waals surface area contributed by atoms with Crippen molar-refractivity contribution in [2.24, 2.45) is 5.92 Å². The van der Waals surface area contributed by atoms with Crippen LogP contribution in [0.25, 0.3) is 0 Å². The Morgan fingerprint density at radius 3 is 2.42 bits per heavy atom. The van der Waals surface area contributed by atoms with Crippen LogP contribution in [0.4, 0.5) is 0 Å². The highest BCUT2D eigenvalue weighted by Crippen LogP contribution is 2.27. The lowest BCUT2D eigenvalue weighted by Crippen LogP contribution is -2.50. The molecule has 0 radical (unpaired) electrons. The zero-order valence-electron chi connectivity index (χ0n) is 14.1. The predicted octanol–water partition coefficient (Wildman–Crippen LogP) is 2.38. The summed E-state index contributed by atoms with van der Waals surface area (Å²) in [7, 11) is -2.30. The van der Waals surface area contributed by atoms with Gasteiger partial charge in [-0.25, -0.2) is 8.42 Å². The van der Waals surface area contributed by atoms with Gasteiger partial charge in [0.2, 0.25) is 15.9 Å². The Hall–Kier alpha value is -1.12. The van der Waals surface area contributed by atoms with Crippen molar-refractivity contribution in [1.82, 2.24) is 9.62 Å². The summed E-state index contributed by atoms with van der Waals surface area (Å²) < 4.78 is 33.6. The lowest BCUT2D eigenvalue weighted by Gasteiger charge is -2.26. The molecule has 8 heteroatoms. The number of hydrogen-bond donors (Lipinski definition) is 1. The van der Waals surface area contributed by atoms with Crippen molar-refractivity contribution in [3.05, 3.63) is 22.7 Å². The minimum atomic E-state index is -3.81. The van der Waals surface area contributed by atoms with Gasteiger partial charge in [-0.2, -0.15) is 4.72 Å². The molecule has 2 rings (SSSR count). The van der Waals surface area contributed by atoms with Crippen LogP contribution in [0.3, 0.4) is 0 Å². The molecule has 1 aliphatic heterocycles. The number of ether oxygens (including phenoxy) is 1. The standard InChI is InChI=1S/C16H23BrN2O4S/c1-11(2)15(16(20)19-8-4-5-9-19)18-24(21,22)12-6-7-14(23-3)13(17)10-12/h6-7,10-11,15,18H,4-5,8-9H2,1-3H3/t15-/m0/s1. The fourth-order valence-corrected chi connectivity index (χ4v) is 4.71. The molecule has 1 aromatic carbocycles. The second-order valence-corrected chi connectivity index (χ2v) is 8.74. The summed E-state index contributed by atoms with van der Waals surface area (Å²) in [6.07, 6.45) is 1.93. The van der Waals surface area contributed by atoms with Crippen molar-refractivity contribution in [1.29, 1.82) is 0 Å². The topological polar surface area (TPSA) is 75.7 Å². The number of sulfonamides is 1. The van der Waals surface area contributed by atoms with Crippen LogP contribution >= 0.6 is 15.9 Å². The summed E-state index contributed by atoms with van der Waals surface area (Å²) in [5, 5.41) is 0. The molecule has 0 bridgehead atoms. The third kappa shape index (κ3) is 4.29. The van der Waals surface area contributed by atoms with Crippen molar-refractivity contribution in [3.63, 3.8) is 0 Å². The summed E-state index contributed by atoms with van der Waals surface area (Å²) in [6, 6.07) is 3.74. The molecule has 134 valence electrons. The Morgan fingerprint density at radius 1 is 1.29 bits per heavy atom. The molecule has 1 aliphatic rings. The molecule has 1 fully saturated rings. The van der Waals surface area contributed by atoms with Crippen LogP contribution in [0.2, 0.25) is 0 Å². The van der Waals surface area contributed by atoms with Gasteiger partial charge in [-0.3, -0.25) is 4.79 Å². The zero-order valence-corrected chi connectivity index (χ0v) is 16.5. The summed E-state index contributed by atoms with van der Waals surface area (Å²) in [5.74, 6) is 0.246. The lowest BCUT2D eigenvalue weighted by atomic mass is 10.0. The highest BCUT2D eigenvalue weighted by atomic mass is 79.9. The van der Waals surface area contributed by atoms with Gasteiger partial charge in [0.1, 0.15) is 11.8 Å². The highest BCUT2D eigenvalue weighted by molar-refractivity contribution is 9.10. The number of amides is 1. The van der Waals surface area contributed by atoms with Crippen molar-refractivity contribution in [2.45, 2.75) is 37.6 Å². The van der Waals surface area contributed by atoms with Gasteiger partial charge in [0, 0.05) is 13.1 Å². The number of hydrogen-bond acceptors (Lipinski definition) is 4. The number of methoxy groups -OCH3 is 1. The van der Waals surface area contributed by atoms with E-state index in [1.165, 1.54) is 19.2 Å². The molecule has 0 saturated carbocycles. The normalized spacial score (nSPS) is 16.5. The largest absolute Gasteiger partial charge is 0.496 e. The Kier molecular flexibility index (Phi) is 6.28. The summed E-state index contributed by atoms with van der Waals surface area (Å²) in [5.41, 5.74) is 0. The Morgan fingerprint density at radius 2 is 1.92 bits per heavy atom. The van der Waals surface area contributed by atoms with Crippen molar-refractivity contribution >= 4 is 31.9 Å². The molecule has 1 amide bonds. The number of carbonyl (C=O) groups excluding carboxylic acids is 1. The van der Waals surface area contributed by atoms with Crippen LogP contribution < -0.4 is 9.46 Å². The van der Waals surface area contributed by atoms with Gasteiger partial charge in [-0.15, -0.1) is 0 Å². The first-order valence-corrected chi connectivity index (χ1v) is 10.2. The third-order valence-electron chi connectivity index (χ3n) is 4.07. The maximum Gasteiger partial charge on any atom is 0.241 e. The quantitative estimate of drug-likeness (QED) is 0.769. The van der Waals surface area contributed by atoms with Crippen LogP contribution in [0, 0.1) is 5.92 Å². The fourth-order valence-electron chi connectivity index (χ4n) is 2.66. The van der Waals surface area contributed by atoms with E-state index in [0.29, 0.717) is 23.3 Å². The van der Waals surface area contributed by atoms with E-state index in [1.807, 2.05) is 13.8 Å². The molecule has 0 aliphatic carbocycles. The smallest absolute Gasteiger partial charge is 0.241 e. The number of nitrogens with one attached hydrogen (secondary N) is 1. The number of carbonyl (C=O) groups is 1. The Bertz CT molecular complexity index is 700. The lowest BCUT2D eigenvalue weighted by molar-refractivity contribution is -0.132. The molecular formula is C16H23BrN2O4S. The van der Waals surface area contributed by atoms with E-state index in [-0.39, 0.29) is 16.7 Å². The second kappa shape index (κ2) is 7.84. The first-order chi connectivity index (χ1) is 11.3. The molecule has 24 heavy (non-hydrogen) atoms. The SMILES string of the molecule is COc1ccc(S(=O)(=O)N[C@H](C(=O)N2CCCC2)C(C)C)cc1Br. The van der Waals surface area contributed by atoms with Crippen molar-refractivity contribution in [2.75, 3.05) is 20.2 Å². The van der Waals surface area contributed by atoms with Crippen LogP contribution in [0.5, 0.6) is 5.75 Å². The van der Waals surface area contributed by atoms with Crippen LogP contribution in [-0.2, 0) is 14.8 Å². The summed E-state index contributed by atoms with van der Waals surface area (Å²) in [4.78, 5) is 14.5. The first-order valence-electron chi connectivity index (χ1n) is 7.91.